The van der Waals surface area contributed by atoms with Crippen molar-refractivity contribution in [1.82, 2.24) is 15.5 Å². The number of imide groups is 1. The summed E-state index contributed by atoms with van der Waals surface area (Å²) < 4.78 is 5.64. The van der Waals surface area contributed by atoms with E-state index in [0.717, 1.165) is 25.7 Å². The van der Waals surface area contributed by atoms with Crippen molar-refractivity contribution < 1.29 is 14.3 Å². The van der Waals surface area contributed by atoms with Gasteiger partial charge in [0.2, 0.25) is 16.9 Å². The van der Waals surface area contributed by atoms with Crippen LogP contribution in [0.3, 0.4) is 0 Å². The lowest BCUT2D eigenvalue weighted by Crippen LogP contribution is -2.37. The molecule has 0 atom stereocenters. The molecule has 0 aliphatic heterocycles. The highest BCUT2D eigenvalue weighted by molar-refractivity contribution is 8.01. The number of hydrogen-bond donors (Lipinski definition) is 2. The molecule has 9 heteroatoms. The van der Waals surface area contributed by atoms with Gasteiger partial charge in [0.25, 0.3) is 0 Å². The molecule has 0 bridgehead atoms. The van der Waals surface area contributed by atoms with E-state index in [-0.39, 0.29) is 23.5 Å². The van der Waals surface area contributed by atoms with Gasteiger partial charge in [0, 0.05) is 19.6 Å². The lowest BCUT2D eigenvalue weighted by molar-refractivity contribution is -0.132. The molecule has 1 aliphatic carbocycles. The van der Waals surface area contributed by atoms with Crippen molar-refractivity contribution in [3.05, 3.63) is 0 Å². The summed E-state index contributed by atoms with van der Waals surface area (Å²) in [6, 6.07) is 0. The number of ether oxygens (including phenoxy) is 1. The summed E-state index contributed by atoms with van der Waals surface area (Å²) in [6.45, 7) is 1.25. The predicted molar refractivity (Wildman–Crippen MR) is 90.7 cm³/mol. The molecular formula is C14H22N4O3S2. The van der Waals surface area contributed by atoms with Gasteiger partial charge in [-0.3, -0.25) is 14.9 Å². The highest BCUT2D eigenvalue weighted by Gasteiger charge is 2.22. The standard InChI is InChI=1S/C14H22N4O3S2/c1-21-8-7-15-13-17-18-14(23-13)22-9-11(19)16-12(20)10-5-3-2-4-6-10/h10H,2-9H2,1H3,(H,15,17)(H,16,19,20). The topological polar surface area (TPSA) is 93.2 Å². The van der Waals surface area contributed by atoms with E-state index in [1.165, 1.54) is 29.5 Å². The van der Waals surface area contributed by atoms with Gasteiger partial charge in [0.1, 0.15) is 0 Å². The van der Waals surface area contributed by atoms with Crippen LogP contribution < -0.4 is 10.6 Å². The Bertz CT molecular complexity index is 518. The predicted octanol–water partition coefficient (Wildman–Crippen LogP) is 1.91. The zero-order valence-corrected chi connectivity index (χ0v) is 14.8. The SMILES string of the molecule is COCCNc1nnc(SCC(=O)NC(=O)C2CCCCC2)s1. The molecule has 23 heavy (non-hydrogen) atoms. The van der Waals surface area contributed by atoms with Crippen LogP contribution in [0.5, 0.6) is 0 Å². The summed E-state index contributed by atoms with van der Waals surface area (Å²) in [5.41, 5.74) is 0. The van der Waals surface area contributed by atoms with E-state index < -0.39 is 0 Å². The Morgan fingerprint density at radius 3 is 2.83 bits per heavy atom. The van der Waals surface area contributed by atoms with E-state index in [0.29, 0.717) is 22.6 Å². The molecule has 2 amide bonds. The molecule has 2 N–H and O–H groups in total. The van der Waals surface area contributed by atoms with E-state index in [1.807, 2.05) is 0 Å². The lowest BCUT2D eigenvalue weighted by atomic mass is 9.89. The van der Waals surface area contributed by atoms with Crippen molar-refractivity contribution in [2.24, 2.45) is 5.92 Å². The summed E-state index contributed by atoms with van der Waals surface area (Å²) >= 11 is 2.67. The van der Waals surface area contributed by atoms with E-state index >= 15 is 0 Å². The van der Waals surface area contributed by atoms with Gasteiger partial charge in [-0.2, -0.15) is 0 Å². The number of aromatic nitrogens is 2. The number of amides is 2. The Morgan fingerprint density at radius 1 is 1.30 bits per heavy atom. The summed E-state index contributed by atoms with van der Waals surface area (Å²) in [5.74, 6) is -0.231. The molecule has 1 heterocycles. The Balaban J connectivity index is 1.68. The minimum atomic E-state index is -0.269. The van der Waals surface area contributed by atoms with Crippen LogP contribution in [0.15, 0.2) is 4.34 Å². The first kappa shape index (κ1) is 18.2. The number of anilines is 1. The molecular weight excluding hydrogens is 336 g/mol. The van der Waals surface area contributed by atoms with Crippen LogP contribution in [0.25, 0.3) is 0 Å². The monoisotopic (exact) mass is 358 g/mol. The summed E-state index contributed by atoms with van der Waals surface area (Å²) in [7, 11) is 1.64. The van der Waals surface area contributed by atoms with Crippen molar-refractivity contribution in [3.8, 4) is 0 Å². The first-order valence-electron chi connectivity index (χ1n) is 7.72. The molecule has 1 fully saturated rings. The van der Waals surface area contributed by atoms with Crippen molar-refractivity contribution in [1.29, 1.82) is 0 Å². The number of methoxy groups -OCH3 is 1. The Labute approximate surface area is 144 Å². The van der Waals surface area contributed by atoms with Gasteiger partial charge >= 0.3 is 0 Å². The maximum Gasteiger partial charge on any atom is 0.237 e. The van der Waals surface area contributed by atoms with Gasteiger partial charge < -0.3 is 10.1 Å². The molecule has 0 saturated heterocycles. The van der Waals surface area contributed by atoms with Gasteiger partial charge in [0.05, 0.1) is 12.4 Å². The van der Waals surface area contributed by atoms with Crippen LogP contribution in [0, 0.1) is 5.92 Å². The second kappa shape index (κ2) is 9.84. The van der Waals surface area contributed by atoms with Gasteiger partial charge in [-0.05, 0) is 12.8 Å². The summed E-state index contributed by atoms with van der Waals surface area (Å²) in [5, 5.41) is 14.3. The zero-order chi connectivity index (χ0) is 16.5. The van der Waals surface area contributed by atoms with E-state index in [4.69, 9.17) is 4.74 Å². The normalized spacial score (nSPS) is 15.3. The molecule has 1 aromatic heterocycles. The van der Waals surface area contributed by atoms with Crippen molar-refractivity contribution >= 4 is 40.0 Å². The fourth-order valence-corrected chi connectivity index (χ4v) is 3.94. The smallest absolute Gasteiger partial charge is 0.237 e. The lowest BCUT2D eigenvalue weighted by Gasteiger charge is -2.20. The summed E-state index contributed by atoms with van der Waals surface area (Å²) in [6.07, 6.45) is 5.11. The van der Waals surface area contributed by atoms with Crippen molar-refractivity contribution in [3.63, 3.8) is 0 Å². The van der Waals surface area contributed by atoms with Gasteiger partial charge in [-0.1, -0.05) is 42.4 Å². The molecule has 0 radical (unpaired) electrons. The first-order valence-corrected chi connectivity index (χ1v) is 9.52. The van der Waals surface area contributed by atoms with E-state index in [1.54, 1.807) is 7.11 Å². The number of thioether (sulfide) groups is 1. The third-order valence-electron chi connectivity index (χ3n) is 3.55. The van der Waals surface area contributed by atoms with Crippen molar-refractivity contribution in [2.45, 2.75) is 36.4 Å². The number of carbonyl (C=O) groups excluding carboxylic acids is 2. The molecule has 1 aromatic rings. The van der Waals surface area contributed by atoms with Crippen LogP contribution in [0.1, 0.15) is 32.1 Å². The number of nitrogens with one attached hydrogen (secondary N) is 2. The van der Waals surface area contributed by atoms with Gasteiger partial charge in [-0.25, -0.2) is 0 Å². The highest BCUT2D eigenvalue weighted by atomic mass is 32.2. The highest BCUT2D eigenvalue weighted by Crippen LogP contribution is 2.26. The molecule has 7 nitrogen and oxygen atoms in total. The molecule has 2 rings (SSSR count). The van der Waals surface area contributed by atoms with E-state index in [9.17, 15) is 9.59 Å². The van der Waals surface area contributed by atoms with Gasteiger partial charge in [-0.15, -0.1) is 10.2 Å². The number of hydrogen-bond acceptors (Lipinski definition) is 8. The van der Waals surface area contributed by atoms with Crippen LogP contribution in [-0.4, -0.2) is 48.0 Å². The van der Waals surface area contributed by atoms with Crippen LogP contribution in [0.2, 0.25) is 0 Å². The number of nitrogens with zero attached hydrogens (tertiary/aromatic N) is 2. The average Bonchev–Trinajstić information content (AvgIpc) is 3.02. The molecule has 128 valence electrons. The maximum absolute atomic E-state index is 12.0. The second-order valence-corrected chi connectivity index (χ2v) is 7.53. The molecule has 0 spiro atoms. The molecule has 1 aliphatic rings. The Hall–Kier alpha value is -1.19. The third-order valence-corrected chi connectivity index (χ3v) is 5.57. The third kappa shape index (κ3) is 6.44. The summed E-state index contributed by atoms with van der Waals surface area (Å²) in [4.78, 5) is 23.8. The van der Waals surface area contributed by atoms with Crippen molar-refractivity contribution in [2.75, 3.05) is 31.3 Å². The second-order valence-electron chi connectivity index (χ2n) is 5.33. The molecule has 0 aromatic carbocycles. The minimum absolute atomic E-state index is 0.00387. The maximum atomic E-state index is 12.0. The molecule has 1 saturated carbocycles. The first-order chi connectivity index (χ1) is 11.2. The fraction of sp³-hybridized carbons (Fsp3) is 0.714. The van der Waals surface area contributed by atoms with Gasteiger partial charge in [0.15, 0.2) is 4.34 Å². The quantitative estimate of drug-likeness (QED) is 0.541. The largest absolute Gasteiger partial charge is 0.383 e. The van der Waals surface area contributed by atoms with Crippen LogP contribution in [-0.2, 0) is 14.3 Å². The average molecular weight is 358 g/mol. The van der Waals surface area contributed by atoms with Crippen LogP contribution in [0.4, 0.5) is 5.13 Å². The Kier molecular flexibility index (Phi) is 7.77. The van der Waals surface area contributed by atoms with E-state index in [2.05, 4.69) is 20.8 Å². The zero-order valence-electron chi connectivity index (χ0n) is 13.2. The molecule has 0 unspecified atom stereocenters. The minimum Gasteiger partial charge on any atom is -0.383 e. The van der Waals surface area contributed by atoms with Crippen LogP contribution >= 0.6 is 23.1 Å². The number of carbonyl (C=O) groups is 2. The fourth-order valence-electron chi connectivity index (χ4n) is 2.37. The Morgan fingerprint density at radius 2 is 2.09 bits per heavy atom. The number of rotatable bonds is 8.